The highest BCUT2D eigenvalue weighted by molar-refractivity contribution is 14.1. The number of ether oxygens (including phenoxy) is 1. The van der Waals surface area contributed by atoms with Gasteiger partial charge in [0.25, 0.3) is 0 Å². The molecule has 0 saturated carbocycles. The maximum atomic E-state index is 10.7. The highest BCUT2D eigenvalue weighted by atomic mass is 127. The largest absolute Gasteiger partial charge is 0.494 e. The van der Waals surface area contributed by atoms with Gasteiger partial charge in [-0.15, -0.1) is 0 Å². The number of aromatic nitrogens is 1. The summed E-state index contributed by atoms with van der Waals surface area (Å²) in [4.78, 5) is 12.9. The number of alkyl halides is 1. The van der Waals surface area contributed by atoms with Crippen LogP contribution in [0, 0.1) is 0 Å². The van der Waals surface area contributed by atoms with Gasteiger partial charge in [0.05, 0.1) is 4.43 Å². The fraction of sp³-hybridized carbons (Fsp3) is 0.167. The summed E-state index contributed by atoms with van der Waals surface area (Å²) in [5.74, 6) is -1.14. The van der Waals surface area contributed by atoms with E-state index >= 15 is 0 Å². The fourth-order valence-corrected chi connectivity index (χ4v) is 0.795. The van der Waals surface area contributed by atoms with Crippen molar-refractivity contribution in [3.63, 3.8) is 0 Å². The van der Waals surface area contributed by atoms with Crippen LogP contribution in [0.1, 0.15) is 0 Å². The lowest BCUT2D eigenvalue weighted by atomic mass is 10.5. The van der Waals surface area contributed by atoms with Crippen LogP contribution in [0.25, 0.3) is 0 Å². The number of halogens is 1. The van der Waals surface area contributed by atoms with Crippen molar-refractivity contribution in [3.8, 4) is 17.5 Å². The molecule has 6 heteroatoms. The van der Waals surface area contributed by atoms with E-state index in [-0.39, 0.29) is 21.9 Å². The number of aromatic hydroxyl groups is 2. The minimum absolute atomic E-state index is 0.0610. The van der Waals surface area contributed by atoms with E-state index in [0.29, 0.717) is 0 Å². The van der Waals surface area contributed by atoms with Crippen molar-refractivity contribution in [2.45, 2.75) is 0 Å². The molecular formula is C6H6INO4. The molecule has 0 atom stereocenters. The maximum Gasteiger partial charge on any atom is 0.321 e. The number of rotatable bonds is 2. The predicted octanol–water partition coefficient (Wildman–Crippen LogP) is 0.766. The van der Waals surface area contributed by atoms with Crippen LogP contribution in [-0.4, -0.2) is 25.6 Å². The number of esters is 1. The van der Waals surface area contributed by atoms with Crippen LogP contribution in [0.2, 0.25) is 0 Å². The van der Waals surface area contributed by atoms with Crippen LogP contribution in [0.5, 0.6) is 17.5 Å². The molecule has 0 aliphatic heterocycles. The average Bonchev–Trinajstić information content (AvgIpc) is 2.30. The Morgan fingerprint density at radius 1 is 1.67 bits per heavy atom. The Morgan fingerprint density at radius 3 is 2.75 bits per heavy atom. The Balaban J connectivity index is 2.75. The van der Waals surface area contributed by atoms with E-state index in [0.717, 1.165) is 6.07 Å². The van der Waals surface area contributed by atoms with Crippen LogP contribution in [0.3, 0.4) is 0 Å². The van der Waals surface area contributed by atoms with Crippen molar-refractivity contribution in [2.24, 2.45) is 0 Å². The Hall–Kier alpha value is -0.920. The molecule has 0 aliphatic rings. The van der Waals surface area contributed by atoms with Crippen LogP contribution in [-0.2, 0) is 4.79 Å². The van der Waals surface area contributed by atoms with Gasteiger partial charge in [-0.2, -0.15) is 0 Å². The van der Waals surface area contributed by atoms with Gasteiger partial charge in [0, 0.05) is 6.07 Å². The molecule has 1 aromatic heterocycles. The first kappa shape index (κ1) is 9.17. The Bertz CT molecular complexity index is 296. The second kappa shape index (κ2) is 3.65. The number of H-pyrrole nitrogens is 1. The predicted molar refractivity (Wildman–Crippen MR) is 48.6 cm³/mol. The number of aromatic amines is 1. The second-order valence-electron chi connectivity index (χ2n) is 1.98. The van der Waals surface area contributed by atoms with E-state index in [4.69, 9.17) is 10.2 Å². The van der Waals surface area contributed by atoms with Gasteiger partial charge in [0.1, 0.15) is 0 Å². The third-order valence-corrected chi connectivity index (χ3v) is 1.70. The number of hydrogen-bond acceptors (Lipinski definition) is 4. The summed E-state index contributed by atoms with van der Waals surface area (Å²) in [6.07, 6.45) is 0. The topological polar surface area (TPSA) is 82.5 Å². The molecule has 12 heavy (non-hydrogen) atoms. The zero-order valence-corrected chi connectivity index (χ0v) is 8.03. The molecule has 0 amide bonds. The number of carbonyl (C=O) groups is 1. The lowest BCUT2D eigenvalue weighted by molar-refractivity contribution is -0.131. The molecule has 0 fully saturated rings. The van der Waals surface area contributed by atoms with Gasteiger partial charge in [-0.1, -0.05) is 22.6 Å². The maximum absolute atomic E-state index is 10.7. The molecule has 0 aromatic carbocycles. The number of hydrogen-bond donors (Lipinski definition) is 3. The molecular weight excluding hydrogens is 277 g/mol. The van der Waals surface area contributed by atoms with E-state index in [2.05, 4.69) is 9.72 Å². The zero-order valence-electron chi connectivity index (χ0n) is 5.87. The summed E-state index contributed by atoms with van der Waals surface area (Å²) in [7, 11) is 0. The molecule has 0 aliphatic carbocycles. The van der Waals surface area contributed by atoms with Gasteiger partial charge < -0.3 is 14.9 Å². The minimum Gasteiger partial charge on any atom is -0.494 e. The normalized spacial score (nSPS) is 9.75. The summed E-state index contributed by atoms with van der Waals surface area (Å²) in [6, 6.07) is 1.12. The molecule has 0 saturated heterocycles. The third-order valence-electron chi connectivity index (χ3n) is 1.08. The standard InChI is InChI=1S/C6H6INO4/c7-2-5(10)12-3-1-4(9)8-6(3)11/h1,8-9,11H,2H2. The second-order valence-corrected chi connectivity index (χ2v) is 2.74. The number of nitrogens with one attached hydrogen (secondary N) is 1. The van der Waals surface area contributed by atoms with Gasteiger partial charge in [-0.05, 0) is 0 Å². The molecule has 3 N–H and O–H groups in total. The summed E-state index contributed by atoms with van der Waals surface area (Å²) >= 11 is 1.83. The Morgan fingerprint density at radius 2 is 2.33 bits per heavy atom. The van der Waals surface area contributed by atoms with Crippen molar-refractivity contribution >= 4 is 28.6 Å². The smallest absolute Gasteiger partial charge is 0.321 e. The Labute approximate surface area is 81.5 Å². The third kappa shape index (κ3) is 2.03. The summed E-state index contributed by atoms with van der Waals surface area (Å²) in [5.41, 5.74) is 0. The summed E-state index contributed by atoms with van der Waals surface area (Å²) in [6.45, 7) is 0. The number of carbonyl (C=O) groups excluding carboxylic acids is 1. The molecule has 1 aromatic rings. The SMILES string of the molecule is O=C(CI)Oc1cc(O)[nH]c1O. The van der Waals surface area contributed by atoms with Crippen LogP contribution in [0.15, 0.2) is 6.07 Å². The fourth-order valence-electron chi connectivity index (χ4n) is 0.639. The molecule has 1 rings (SSSR count). The van der Waals surface area contributed by atoms with E-state index in [1.165, 1.54) is 0 Å². The van der Waals surface area contributed by atoms with E-state index in [1.807, 2.05) is 22.6 Å². The van der Waals surface area contributed by atoms with Crippen molar-refractivity contribution in [1.29, 1.82) is 0 Å². The van der Waals surface area contributed by atoms with Crippen LogP contribution >= 0.6 is 22.6 Å². The Kier molecular flexibility index (Phi) is 2.79. The molecule has 5 nitrogen and oxygen atoms in total. The van der Waals surface area contributed by atoms with Crippen molar-refractivity contribution in [1.82, 2.24) is 4.98 Å². The van der Waals surface area contributed by atoms with Gasteiger partial charge in [-0.25, -0.2) is 0 Å². The average molecular weight is 283 g/mol. The highest BCUT2D eigenvalue weighted by Crippen LogP contribution is 2.29. The van der Waals surface area contributed by atoms with E-state index < -0.39 is 5.97 Å². The molecule has 0 unspecified atom stereocenters. The first-order chi connectivity index (χ1) is 5.63. The minimum atomic E-state index is -0.482. The van der Waals surface area contributed by atoms with Gasteiger partial charge in [0.2, 0.25) is 5.88 Å². The first-order valence-electron chi connectivity index (χ1n) is 3.01. The quantitative estimate of drug-likeness (QED) is 0.425. The van der Waals surface area contributed by atoms with Gasteiger partial charge >= 0.3 is 5.97 Å². The van der Waals surface area contributed by atoms with Crippen LogP contribution in [0.4, 0.5) is 0 Å². The van der Waals surface area contributed by atoms with Crippen molar-refractivity contribution in [3.05, 3.63) is 6.07 Å². The van der Waals surface area contributed by atoms with Crippen LogP contribution < -0.4 is 4.74 Å². The molecule has 0 bridgehead atoms. The van der Waals surface area contributed by atoms with Gasteiger partial charge in [0.15, 0.2) is 11.6 Å². The van der Waals surface area contributed by atoms with Crippen molar-refractivity contribution in [2.75, 3.05) is 4.43 Å². The van der Waals surface area contributed by atoms with Gasteiger partial charge in [-0.3, -0.25) is 9.78 Å². The molecule has 66 valence electrons. The summed E-state index contributed by atoms with van der Waals surface area (Å²) in [5, 5.41) is 17.8. The summed E-state index contributed by atoms with van der Waals surface area (Å²) < 4.78 is 4.81. The zero-order chi connectivity index (χ0) is 9.14. The van der Waals surface area contributed by atoms with Crippen molar-refractivity contribution < 1.29 is 19.7 Å². The highest BCUT2D eigenvalue weighted by Gasteiger charge is 2.10. The molecule has 0 radical (unpaired) electrons. The van der Waals surface area contributed by atoms with E-state index in [9.17, 15) is 4.79 Å². The monoisotopic (exact) mass is 283 g/mol. The lowest BCUT2D eigenvalue weighted by Gasteiger charge is -1.97. The molecule has 0 spiro atoms. The molecule has 1 heterocycles. The first-order valence-corrected chi connectivity index (χ1v) is 4.53. The van der Waals surface area contributed by atoms with E-state index in [1.54, 1.807) is 0 Å². The lowest BCUT2D eigenvalue weighted by Crippen LogP contribution is -2.07.